The lowest BCUT2D eigenvalue weighted by Crippen LogP contribution is -2.33. The van der Waals surface area contributed by atoms with Gasteiger partial charge >= 0.3 is 0 Å². The highest BCUT2D eigenvalue weighted by Gasteiger charge is 2.31. The number of phenols is 1. The van der Waals surface area contributed by atoms with Crippen LogP contribution in [0, 0.1) is 6.92 Å². The largest absolute Gasteiger partial charge is 0.744 e. The highest BCUT2D eigenvalue weighted by molar-refractivity contribution is 7.89. The average molecular weight is 569 g/mol. The van der Waals surface area contributed by atoms with E-state index in [4.69, 9.17) is 34.8 Å². The van der Waals surface area contributed by atoms with Gasteiger partial charge in [-0.3, -0.25) is 4.98 Å². The molecule has 0 amide bonds. The number of benzene rings is 1. The van der Waals surface area contributed by atoms with E-state index in [9.17, 15) is 26.5 Å². The van der Waals surface area contributed by atoms with Crippen molar-refractivity contribution in [1.29, 1.82) is 0 Å². The Kier molecular flexibility index (Phi) is 10.1. The van der Waals surface area contributed by atoms with E-state index in [2.05, 4.69) is 9.97 Å². The summed E-state index contributed by atoms with van der Waals surface area (Å²) in [6.45, 7) is 1.19. The van der Waals surface area contributed by atoms with Crippen LogP contribution in [0.5, 0.6) is 5.75 Å². The Morgan fingerprint density at radius 1 is 1.03 bits per heavy atom. The lowest BCUT2D eigenvalue weighted by atomic mass is 10.2. The van der Waals surface area contributed by atoms with Crippen molar-refractivity contribution in [1.82, 2.24) is 9.29 Å². The predicted octanol–water partition coefficient (Wildman–Crippen LogP) is 3.19. The number of aromatic hydroxyl groups is 1. The lowest BCUT2D eigenvalue weighted by Gasteiger charge is -2.22. The van der Waals surface area contributed by atoms with Gasteiger partial charge in [-0.1, -0.05) is 46.9 Å². The first kappa shape index (κ1) is 28.2. The van der Waals surface area contributed by atoms with Crippen LogP contribution in [0.4, 0.5) is 0 Å². The smallest absolute Gasteiger partial charge is 0.247 e. The van der Waals surface area contributed by atoms with Crippen molar-refractivity contribution < 1.29 is 31.5 Å². The number of aryl methyl sites for hydroxylation is 1. The zero-order chi connectivity index (χ0) is 25.5. The maximum absolute atomic E-state index is 13.4. The van der Waals surface area contributed by atoms with Crippen molar-refractivity contribution >= 4 is 54.9 Å². The van der Waals surface area contributed by atoms with Crippen LogP contribution in [0.15, 0.2) is 70.7 Å². The summed E-state index contributed by atoms with van der Waals surface area (Å²) in [5.74, 6) is -1.10. The summed E-state index contributed by atoms with van der Waals surface area (Å²) in [7, 11) is -9.50. The first-order valence-corrected chi connectivity index (χ1v) is 13.6. The molecule has 0 radical (unpaired) electrons. The molecule has 3 rings (SSSR count). The fraction of sp³-hybridized carbons (Fsp3) is 0.200. The molecule has 0 unspecified atom stereocenters. The number of halogens is 3. The minimum atomic E-state index is -5.08. The standard InChI is InChI=1S/C19H19N3O6S2.CHCl3/c1-14-10-17(19(23)18(11-14)30(26,27)28)29(24,25)22(12-15-6-2-4-8-20-15)13-16-7-3-5-9-21-16;2-1(3)4/h2-11,23H,12-13H2,1H3,(H,26,27,28);1H. The minimum Gasteiger partial charge on any atom is -0.744 e. The third kappa shape index (κ3) is 8.05. The predicted molar refractivity (Wildman–Crippen MR) is 126 cm³/mol. The van der Waals surface area contributed by atoms with Gasteiger partial charge in [0.15, 0.2) is 21.9 Å². The molecule has 0 saturated heterocycles. The molecule has 2 N–H and O–H groups in total. The molecule has 9 nitrogen and oxygen atoms in total. The average Bonchev–Trinajstić information content (AvgIpc) is 2.75. The maximum atomic E-state index is 13.4. The summed E-state index contributed by atoms with van der Waals surface area (Å²) in [4.78, 5) is 5.43. The van der Waals surface area contributed by atoms with Gasteiger partial charge in [0, 0.05) is 18.3 Å². The van der Waals surface area contributed by atoms with E-state index in [1.165, 1.54) is 13.1 Å². The summed E-state index contributed by atoms with van der Waals surface area (Å²) in [5, 5.41) is 10.4. The molecule has 0 fully saturated rings. The molecule has 1 aromatic carbocycles. The Bertz CT molecular complexity index is 1270. The van der Waals surface area contributed by atoms with Gasteiger partial charge in [-0.15, -0.1) is 0 Å². The molecule has 34 heavy (non-hydrogen) atoms. The Morgan fingerprint density at radius 3 is 2.18 bits per heavy atom. The molecule has 0 aliphatic rings. The molecule has 0 spiro atoms. The molecule has 0 aliphatic carbocycles. The highest BCUT2D eigenvalue weighted by Crippen LogP contribution is 2.34. The number of hydrogen-bond acceptors (Lipinski definition) is 7. The van der Waals surface area contributed by atoms with Gasteiger partial charge < -0.3 is 9.66 Å². The number of rotatable bonds is 7. The molecule has 0 bridgehead atoms. The zero-order valence-electron chi connectivity index (χ0n) is 17.6. The van der Waals surface area contributed by atoms with Gasteiger partial charge in [0.25, 0.3) is 0 Å². The second-order valence-corrected chi connectivity index (χ2v) is 12.0. The van der Waals surface area contributed by atoms with E-state index in [1.807, 2.05) is 0 Å². The van der Waals surface area contributed by atoms with Crippen molar-refractivity contribution in [2.24, 2.45) is 0 Å². The number of aromatic amines is 1. The quantitative estimate of drug-likeness (QED) is 0.341. The van der Waals surface area contributed by atoms with Crippen LogP contribution < -0.4 is 4.98 Å². The third-order valence-corrected chi connectivity index (χ3v) is 6.91. The number of aromatic nitrogens is 2. The molecular weight excluding hydrogens is 549 g/mol. The minimum absolute atomic E-state index is 0.105. The molecule has 0 aliphatic heterocycles. The van der Waals surface area contributed by atoms with Crippen LogP contribution in [-0.2, 0) is 33.2 Å². The number of pyridine rings is 2. The molecule has 184 valence electrons. The normalized spacial score (nSPS) is 11.9. The monoisotopic (exact) mass is 567 g/mol. The van der Waals surface area contributed by atoms with Gasteiger partial charge in [0.05, 0.1) is 23.7 Å². The maximum Gasteiger partial charge on any atom is 0.247 e. The molecular formula is C20H20Cl3N3O6S2. The van der Waals surface area contributed by atoms with Crippen molar-refractivity contribution in [3.05, 3.63) is 77.9 Å². The molecule has 14 heteroatoms. The number of nitrogens with one attached hydrogen (secondary N) is 1. The van der Waals surface area contributed by atoms with E-state index in [0.717, 1.165) is 16.4 Å². The number of alkyl halides is 3. The number of nitrogens with zero attached hydrogens (tertiary/aromatic N) is 2. The van der Waals surface area contributed by atoms with Crippen molar-refractivity contribution in [2.45, 2.75) is 34.1 Å². The van der Waals surface area contributed by atoms with Crippen LogP contribution in [0.3, 0.4) is 0 Å². The van der Waals surface area contributed by atoms with E-state index in [0.29, 0.717) is 11.4 Å². The number of hydrogen-bond donors (Lipinski definition) is 1. The first-order chi connectivity index (χ1) is 15.8. The third-order valence-electron chi connectivity index (χ3n) is 4.26. The van der Waals surface area contributed by atoms with Gasteiger partial charge in [-0.05, 0) is 36.8 Å². The molecule has 0 atom stereocenters. The van der Waals surface area contributed by atoms with Crippen LogP contribution in [0.25, 0.3) is 0 Å². The highest BCUT2D eigenvalue weighted by atomic mass is 35.6. The second-order valence-electron chi connectivity index (χ2n) is 6.79. The summed E-state index contributed by atoms with van der Waals surface area (Å²) in [6.07, 6.45) is 3.15. The fourth-order valence-corrected chi connectivity index (χ4v) is 5.18. The van der Waals surface area contributed by atoms with Crippen LogP contribution in [0.2, 0.25) is 0 Å². The molecule has 0 saturated carbocycles. The molecule has 2 aromatic heterocycles. The molecule has 3 aromatic rings. The summed E-state index contributed by atoms with van der Waals surface area (Å²) < 4.78 is 61.6. The van der Waals surface area contributed by atoms with E-state index in [-0.39, 0.29) is 18.7 Å². The van der Waals surface area contributed by atoms with Gasteiger partial charge in [-0.25, -0.2) is 21.8 Å². The van der Waals surface area contributed by atoms with Gasteiger partial charge in [0.2, 0.25) is 10.0 Å². The van der Waals surface area contributed by atoms with Crippen molar-refractivity contribution in [3.63, 3.8) is 0 Å². The SMILES string of the molecule is Cc1cc(S(=O)(=O)[O-])c(O)c(S(=O)(=O)N(Cc2ccccn2)Cc2cccc[nH+]2)c1.ClC(Cl)Cl. The van der Waals surface area contributed by atoms with Gasteiger partial charge in [-0.2, -0.15) is 4.31 Å². The Balaban J connectivity index is 0.000000945. The number of H-pyrrole nitrogens is 1. The van der Waals surface area contributed by atoms with Gasteiger partial charge in [0.1, 0.15) is 15.0 Å². The lowest BCUT2D eigenvalue weighted by molar-refractivity contribution is -0.392. The van der Waals surface area contributed by atoms with E-state index >= 15 is 0 Å². The Hall–Kier alpha value is -1.99. The topological polar surface area (TPSA) is 142 Å². The van der Waals surface area contributed by atoms with E-state index < -0.39 is 40.0 Å². The second kappa shape index (κ2) is 12.1. The van der Waals surface area contributed by atoms with Crippen LogP contribution in [0.1, 0.15) is 17.0 Å². The first-order valence-electron chi connectivity index (χ1n) is 9.39. The Labute approximate surface area is 212 Å². The van der Waals surface area contributed by atoms with Crippen molar-refractivity contribution in [3.8, 4) is 5.75 Å². The van der Waals surface area contributed by atoms with E-state index in [1.54, 1.807) is 42.6 Å². The zero-order valence-corrected chi connectivity index (χ0v) is 21.5. The number of sulfonamides is 1. The van der Waals surface area contributed by atoms with Crippen LogP contribution >= 0.6 is 34.8 Å². The summed E-state index contributed by atoms with van der Waals surface area (Å²) in [5.41, 5.74) is 1.20. The summed E-state index contributed by atoms with van der Waals surface area (Å²) >= 11 is 14.4. The number of phenolic OH excluding ortho intramolecular Hbond substituents is 1. The Morgan fingerprint density at radius 2 is 1.65 bits per heavy atom. The van der Waals surface area contributed by atoms with Crippen molar-refractivity contribution in [2.75, 3.05) is 0 Å². The summed E-state index contributed by atoms with van der Waals surface area (Å²) in [6, 6.07) is 12.2. The molecule has 2 heterocycles. The fourth-order valence-electron chi connectivity index (χ4n) is 2.86. The van der Waals surface area contributed by atoms with Crippen LogP contribution in [-0.4, -0.2) is 40.1 Å².